The molecule has 1 heteroatoms. The highest BCUT2D eigenvalue weighted by Gasteiger charge is 2.21. The average molecular weight is 204 g/mol. The first-order valence-corrected chi connectivity index (χ1v) is 6.03. The predicted octanol–water partition coefficient (Wildman–Crippen LogP) is 3.76. The SMILES string of the molecule is CC(Cc1ccc(O)cc1)C1CCCC1. The van der Waals surface area contributed by atoms with Gasteiger partial charge >= 0.3 is 0 Å². The summed E-state index contributed by atoms with van der Waals surface area (Å²) in [4.78, 5) is 0. The van der Waals surface area contributed by atoms with Gasteiger partial charge < -0.3 is 5.11 Å². The van der Waals surface area contributed by atoms with Crippen molar-refractivity contribution in [2.24, 2.45) is 11.8 Å². The van der Waals surface area contributed by atoms with Gasteiger partial charge in [0.25, 0.3) is 0 Å². The standard InChI is InChI=1S/C14H20O/c1-11(13-4-2-3-5-13)10-12-6-8-14(15)9-7-12/h6-9,11,13,15H,2-5,10H2,1H3. The van der Waals surface area contributed by atoms with Gasteiger partial charge in [-0.3, -0.25) is 0 Å². The molecular formula is C14H20O. The quantitative estimate of drug-likeness (QED) is 0.794. The number of hydrogen-bond acceptors (Lipinski definition) is 1. The van der Waals surface area contributed by atoms with E-state index in [1.165, 1.54) is 31.2 Å². The van der Waals surface area contributed by atoms with E-state index in [0.717, 1.165) is 18.3 Å². The third-order valence-corrected chi connectivity index (χ3v) is 3.70. The van der Waals surface area contributed by atoms with Gasteiger partial charge in [0.2, 0.25) is 0 Å². The normalized spacial score (nSPS) is 19.3. The van der Waals surface area contributed by atoms with Crippen LogP contribution in [0.5, 0.6) is 5.75 Å². The van der Waals surface area contributed by atoms with E-state index in [2.05, 4.69) is 6.92 Å². The van der Waals surface area contributed by atoms with Crippen molar-refractivity contribution >= 4 is 0 Å². The number of phenolic OH excluding ortho intramolecular Hbond substituents is 1. The van der Waals surface area contributed by atoms with Gasteiger partial charge in [0.05, 0.1) is 0 Å². The molecule has 1 fully saturated rings. The maximum atomic E-state index is 9.20. The van der Waals surface area contributed by atoms with Crippen LogP contribution in [0.25, 0.3) is 0 Å². The van der Waals surface area contributed by atoms with E-state index in [-0.39, 0.29) is 0 Å². The van der Waals surface area contributed by atoms with E-state index in [0.29, 0.717) is 5.75 Å². The molecule has 0 spiro atoms. The first kappa shape index (κ1) is 10.5. The van der Waals surface area contributed by atoms with Crippen LogP contribution in [-0.4, -0.2) is 5.11 Å². The highest BCUT2D eigenvalue weighted by Crippen LogP contribution is 2.32. The molecule has 1 atom stereocenters. The lowest BCUT2D eigenvalue weighted by atomic mass is 9.87. The molecule has 82 valence electrons. The Morgan fingerprint density at radius 1 is 1.20 bits per heavy atom. The summed E-state index contributed by atoms with van der Waals surface area (Å²) >= 11 is 0. The molecule has 0 heterocycles. The highest BCUT2D eigenvalue weighted by atomic mass is 16.3. The fourth-order valence-corrected chi connectivity index (χ4v) is 2.70. The molecule has 1 nitrogen and oxygen atoms in total. The van der Waals surface area contributed by atoms with Crippen molar-refractivity contribution < 1.29 is 5.11 Å². The molecule has 1 aromatic rings. The van der Waals surface area contributed by atoms with Crippen LogP contribution >= 0.6 is 0 Å². The van der Waals surface area contributed by atoms with Crippen molar-refractivity contribution in [2.75, 3.05) is 0 Å². The van der Waals surface area contributed by atoms with E-state index < -0.39 is 0 Å². The van der Waals surface area contributed by atoms with Gasteiger partial charge in [0.1, 0.15) is 5.75 Å². The maximum absolute atomic E-state index is 9.20. The minimum Gasteiger partial charge on any atom is -0.508 e. The molecule has 0 bridgehead atoms. The Bertz CT molecular complexity index is 296. The summed E-state index contributed by atoms with van der Waals surface area (Å²) in [6.07, 6.45) is 6.83. The Kier molecular flexibility index (Phi) is 3.30. The molecule has 1 unspecified atom stereocenters. The van der Waals surface area contributed by atoms with Gasteiger partial charge in [-0.2, -0.15) is 0 Å². The van der Waals surface area contributed by atoms with E-state index in [1.54, 1.807) is 12.1 Å². The molecule has 0 radical (unpaired) electrons. The molecule has 1 aromatic carbocycles. The number of benzene rings is 1. The lowest BCUT2D eigenvalue weighted by molar-refractivity contribution is 0.365. The summed E-state index contributed by atoms with van der Waals surface area (Å²) < 4.78 is 0. The third kappa shape index (κ3) is 2.74. The van der Waals surface area contributed by atoms with Crippen LogP contribution in [0, 0.1) is 11.8 Å². The summed E-state index contributed by atoms with van der Waals surface area (Å²) in [7, 11) is 0. The number of aromatic hydroxyl groups is 1. The number of rotatable bonds is 3. The van der Waals surface area contributed by atoms with Gasteiger partial charge in [0, 0.05) is 0 Å². The van der Waals surface area contributed by atoms with Crippen LogP contribution in [0.3, 0.4) is 0 Å². The molecule has 2 rings (SSSR count). The smallest absolute Gasteiger partial charge is 0.115 e. The van der Waals surface area contributed by atoms with E-state index >= 15 is 0 Å². The maximum Gasteiger partial charge on any atom is 0.115 e. The fraction of sp³-hybridized carbons (Fsp3) is 0.571. The largest absolute Gasteiger partial charge is 0.508 e. The molecule has 0 saturated heterocycles. The van der Waals surface area contributed by atoms with E-state index in [4.69, 9.17) is 0 Å². The molecule has 1 aliphatic rings. The van der Waals surface area contributed by atoms with Gasteiger partial charge in [-0.25, -0.2) is 0 Å². The predicted molar refractivity (Wildman–Crippen MR) is 62.9 cm³/mol. The Balaban J connectivity index is 1.92. The summed E-state index contributed by atoms with van der Waals surface area (Å²) in [5.41, 5.74) is 1.35. The summed E-state index contributed by atoms with van der Waals surface area (Å²) in [6, 6.07) is 7.66. The monoisotopic (exact) mass is 204 g/mol. The highest BCUT2D eigenvalue weighted by molar-refractivity contribution is 5.26. The number of phenols is 1. The second-order valence-corrected chi connectivity index (χ2v) is 4.89. The zero-order valence-electron chi connectivity index (χ0n) is 9.45. The van der Waals surface area contributed by atoms with Crippen LogP contribution in [0.2, 0.25) is 0 Å². The molecule has 1 N–H and O–H groups in total. The zero-order valence-corrected chi connectivity index (χ0v) is 9.45. The first-order valence-electron chi connectivity index (χ1n) is 6.03. The second-order valence-electron chi connectivity index (χ2n) is 4.89. The van der Waals surface area contributed by atoms with Crippen molar-refractivity contribution in [3.05, 3.63) is 29.8 Å². The minimum atomic E-state index is 0.368. The van der Waals surface area contributed by atoms with Gasteiger partial charge in [-0.1, -0.05) is 44.7 Å². The molecule has 0 aliphatic heterocycles. The lowest BCUT2D eigenvalue weighted by Crippen LogP contribution is -2.10. The summed E-state index contributed by atoms with van der Waals surface area (Å²) in [5.74, 6) is 2.09. The number of hydrogen-bond donors (Lipinski definition) is 1. The Labute approximate surface area is 92.1 Å². The van der Waals surface area contributed by atoms with Crippen molar-refractivity contribution in [1.29, 1.82) is 0 Å². The molecular weight excluding hydrogens is 184 g/mol. The Morgan fingerprint density at radius 2 is 1.80 bits per heavy atom. The first-order chi connectivity index (χ1) is 7.25. The summed E-state index contributed by atoms with van der Waals surface area (Å²) in [6.45, 7) is 2.36. The zero-order chi connectivity index (χ0) is 10.7. The minimum absolute atomic E-state index is 0.368. The van der Waals surface area contributed by atoms with Crippen LogP contribution < -0.4 is 0 Å². The van der Waals surface area contributed by atoms with Crippen LogP contribution in [-0.2, 0) is 6.42 Å². The van der Waals surface area contributed by atoms with Gasteiger partial charge in [0.15, 0.2) is 0 Å². The summed E-state index contributed by atoms with van der Waals surface area (Å²) in [5, 5.41) is 9.20. The Hall–Kier alpha value is -0.980. The van der Waals surface area contributed by atoms with Gasteiger partial charge in [-0.05, 0) is 36.0 Å². The molecule has 0 amide bonds. The van der Waals surface area contributed by atoms with E-state index in [9.17, 15) is 5.11 Å². The van der Waals surface area contributed by atoms with Crippen molar-refractivity contribution in [2.45, 2.75) is 39.0 Å². The Morgan fingerprint density at radius 3 is 2.40 bits per heavy atom. The van der Waals surface area contributed by atoms with Crippen molar-refractivity contribution in [3.8, 4) is 5.75 Å². The van der Waals surface area contributed by atoms with Crippen LogP contribution in [0.1, 0.15) is 38.2 Å². The molecule has 15 heavy (non-hydrogen) atoms. The average Bonchev–Trinajstić information content (AvgIpc) is 2.74. The molecule has 1 saturated carbocycles. The second kappa shape index (κ2) is 4.69. The topological polar surface area (TPSA) is 20.2 Å². The molecule has 1 aliphatic carbocycles. The fourth-order valence-electron chi connectivity index (χ4n) is 2.70. The van der Waals surface area contributed by atoms with Crippen molar-refractivity contribution in [3.63, 3.8) is 0 Å². The third-order valence-electron chi connectivity index (χ3n) is 3.70. The van der Waals surface area contributed by atoms with Crippen molar-refractivity contribution in [1.82, 2.24) is 0 Å². The van der Waals surface area contributed by atoms with E-state index in [1.807, 2.05) is 12.1 Å². The van der Waals surface area contributed by atoms with Crippen LogP contribution in [0.15, 0.2) is 24.3 Å². The van der Waals surface area contributed by atoms with Crippen LogP contribution in [0.4, 0.5) is 0 Å². The molecule has 0 aromatic heterocycles. The lowest BCUT2D eigenvalue weighted by Gasteiger charge is -2.18. The van der Waals surface area contributed by atoms with Gasteiger partial charge in [-0.15, -0.1) is 0 Å².